The Morgan fingerprint density at radius 1 is 1.14 bits per heavy atom. The molecule has 2 saturated heterocycles. The molecule has 1 N–H and O–H groups in total. The lowest BCUT2D eigenvalue weighted by atomic mass is 9.71. The minimum atomic E-state index is 0. The second kappa shape index (κ2) is 6.80. The van der Waals surface area contributed by atoms with Gasteiger partial charge in [0, 0.05) is 18.7 Å². The van der Waals surface area contributed by atoms with Crippen LogP contribution in [0.15, 0.2) is 24.3 Å². The van der Waals surface area contributed by atoms with E-state index in [0.717, 1.165) is 37.3 Å². The number of carbonyl (C=O) groups excluding carboxylic acids is 1. The van der Waals surface area contributed by atoms with Gasteiger partial charge in [0.25, 0.3) is 5.91 Å². The van der Waals surface area contributed by atoms with E-state index in [0.29, 0.717) is 5.41 Å². The van der Waals surface area contributed by atoms with Crippen LogP contribution in [0.1, 0.15) is 41.6 Å². The second-order valence-electron chi connectivity index (χ2n) is 6.41. The van der Waals surface area contributed by atoms with E-state index < -0.39 is 0 Å². The molecule has 2 aliphatic heterocycles. The lowest BCUT2D eigenvalue weighted by Gasteiger charge is -2.44. The molecular formula is C17H25ClN2O. The maximum absolute atomic E-state index is 12.5. The lowest BCUT2D eigenvalue weighted by molar-refractivity contribution is 0.0495. The van der Waals surface area contributed by atoms with Gasteiger partial charge in [-0.15, -0.1) is 12.4 Å². The van der Waals surface area contributed by atoms with E-state index in [2.05, 4.69) is 5.32 Å². The lowest BCUT2D eigenvalue weighted by Crippen LogP contribution is -2.47. The van der Waals surface area contributed by atoms with Crippen molar-refractivity contribution in [3.05, 3.63) is 35.4 Å². The Balaban J connectivity index is 0.00000161. The number of halogens is 1. The van der Waals surface area contributed by atoms with E-state index in [1.54, 1.807) is 0 Å². The molecule has 4 heteroatoms. The molecule has 0 aromatic heterocycles. The zero-order valence-corrected chi connectivity index (χ0v) is 13.5. The maximum Gasteiger partial charge on any atom is 0.253 e. The minimum absolute atomic E-state index is 0. The van der Waals surface area contributed by atoms with Crippen LogP contribution in [-0.2, 0) is 0 Å². The third-order valence-corrected chi connectivity index (χ3v) is 5.04. The summed E-state index contributed by atoms with van der Waals surface area (Å²) in [7, 11) is 0. The summed E-state index contributed by atoms with van der Waals surface area (Å²) in [5, 5.41) is 3.44. The summed E-state index contributed by atoms with van der Waals surface area (Å²) < 4.78 is 0. The van der Waals surface area contributed by atoms with Crippen LogP contribution in [-0.4, -0.2) is 37.0 Å². The molecule has 2 heterocycles. The summed E-state index contributed by atoms with van der Waals surface area (Å²) in [5.74, 6) is 0.206. The van der Waals surface area contributed by atoms with Crippen LogP contribution < -0.4 is 5.32 Å². The zero-order valence-electron chi connectivity index (χ0n) is 12.7. The van der Waals surface area contributed by atoms with Gasteiger partial charge in [-0.1, -0.05) is 17.7 Å². The van der Waals surface area contributed by atoms with E-state index in [4.69, 9.17) is 0 Å². The summed E-state index contributed by atoms with van der Waals surface area (Å²) >= 11 is 0. The molecule has 3 nitrogen and oxygen atoms in total. The van der Waals surface area contributed by atoms with E-state index in [1.807, 2.05) is 36.1 Å². The standard InChI is InChI=1S/C17H24N2O.ClH/c1-14-3-2-4-15(13-14)16(20)19-11-7-17(8-12-19)5-9-18-10-6-17;/h2-4,13,18H,5-12H2,1H3;1H. The van der Waals surface area contributed by atoms with Gasteiger partial charge in [-0.05, 0) is 63.2 Å². The molecule has 0 saturated carbocycles. The van der Waals surface area contributed by atoms with Crippen molar-refractivity contribution < 1.29 is 4.79 Å². The Bertz CT molecular complexity index is 487. The summed E-state index contributed by atoms with van der Waals surface area (Å²) in [5.41, 5.74) is 2.50. The third-order valence-electron chi connectivity index (χ3n) is 5.04. The third kappa shape index (κ3) is 3.58. The van der Waals surface area contributed by atoms with Crippen molar-refractivity contribution in [2.45, 2.75) is 32.6 Å². The largest absolute Gasteiger partial charge is 0.339 e. The van der Waals surface area contributed by atoms with Crippen molar-refractivity contribution in [3.8, 4) is 0 Å². The van der Waals surface area contributed by atoms with Crippen LogP contribution >= 0.6 is 12.4 Å². The normalized spacial score (nSPS) is 20.9. The highest BCUT2D eigenvalue weighted by atomic mass is 35.5. The van der Waals surface area contributed by atoms with Gasteiger partial charge in [0.05, 0.1) is 0 Å². The number of nitrogens with zero attached hydrogens (tertiary/aromatic N) is 1. The smallest absolute Gasteiger partial charge is 0.253 e. The molecule has 21 heavy (non-hydrogen) atoms. The molecule has 3 rings (SSSR count). The molecule has 116 valence electrons. The molecule has 1 amide bonds. The van der Waals surface area contributed by atoms with Gasteiger partial charge in [-0.3, -0.25) is 4.79 Å². The van der Waals surface area contributed by atoms with Crippen molar-refractivity contribution in [1.82, 2.24) is 10.2 Å². The van der Waals surface area contributed by atoms with Crippen LogP contribution in [0, 0.1) is 12.3 Å². The van der Waals surface area contributed by atoms with Gasteiger partial charge in [0.2, 0.25) is 0 Å². The van der Waals surface area contributed by atoms with Crippen LogP contribution in [0.5, 0.6) is 0 Å². The number of rotatable bonds is 1. The summed E-state index contributed by atoms with van der Waals surface area (Å²) in [6.45, 7) is 6.17. The molecule has 0 atom stereocenters. The van der Waals surface area contributed by atoms with Crippen molar-refractivity contribution in [2.75, 3.05) is 26.2 Å². The van der Waals surface area contributed by atoms with Crippen molar-refractivity contribution in [2.24, 2.45) is 5.41 Å². The first-order valence-corrected chi connectivity index (χ1v) is 7.75. The number of aryl methyl sites for hydroxylation is 1. The van der Waals surface area contributed by atoms with Gasteiger partial charge in [-0.25, -0.2) is 0 Å². The van der Waals surface area contributed by atoms with Gasteiger partial charge >= 0.3 is 0 Å². The number of likely N-dealkylation sites (tertiary alicyclic amines) is 1. The average molecular weight is 309 g/mol. The van der Waals surface area contributed by atoms with Crippen molar-refractivity contribution >= 4 is 18.3 Å². The van der Waals surface area contributed by atoms with Crippen molar-refractivity contribution in [3.63, 3.8) is 0 Å². The molecule has 0 unspecified atom stereocenters. The van der Waals surface area contributed by atoms with Crippen LogP contribution in [0.2, 0.25) is 0 Å². The monoisotopic (exact) mass is 308 g/mol. The first kappa shape index (κ1) is 16.3. The van der Waals surface area contributed by atoms with Gasteiger partial charge < -0.3 is 10.2 Å². The van der Waals surface area contributed by atoms with E-state index in [1.165, 1.54) is 25.7 Å². The fourth-order valence-electron chi connectivity index (χ4n) is 3.60. The average Bonchev–Trinajstić information content (AvgIpc) is 2.48. The Morgan fingerprint density at radius 2 is 1.81 bits per heavy atom. The molecule has 1 spiro atoms. The Labute approximate surface area is 133 Å². The Hall–Kier alpha value is -1.06. The maximum atomic E-state index is 12.5. The Morgan fingerprint density at radius 3 is 2.43 bits per heavy atom. The molecule has 2 fully saturated rings. The van der Waals surface area contributed by atoms with E-state index in [-0.39, 0.29) is 18.3 Å². The highest BCUT2D eigenvalue weighted by Gasteiger charge is 2.36. The highest BCUT2D eigenvalue weighted by molar-refractivity contribution is 5.94. The van der Waals surface area contributed by atoms with Gasteiger partial charge in [0.1, 0.15) is 0 Å². The molecule has 0 aliphatic carbocycles. The first-order chi connectivity index (χ1) is 9.69. The number of benzene rings is 1. The number of amides is 1. The van der Waals surface area contributed by atoms with E-state index in [9.17, 15) is 4.79 Å². The molecule has 0 radical (unpaired) electrons. The Kier molecular flexibility index (Phi) is 5.28. The van der Waals surface area contributed by atoms with Gasteiger partial charge in [0.15, 0.2) is 0 Å². The second-order valence-corrected chi connectivity index (χ2v) is 6.41. The molecule has 1 aromatic rings. The quantitative estimate of drug-likeness (QED) is 0.865. The summed E-state index contributed by atoms with van der Waals surface area (Å²) in [6.07, 6.45) is 4.90. The number of piperidine rings is 2. The zero-order chi connectivity index (χ0) is 14.0. The van der Waals surface area contributed by atoms with Gasteiger partial charge in [-0.2, -0.15) is 0 Å². The molecule has 1 aromatic carbocycles. The number of hydrogen-bond acceptors (Lipinski definition) is 2. The highest BCUT2D eigenvalue weighted by Crippen LogP contribution is 2.39. The number of hydrogen-bond donors (Lipinski definition) is 1. The van der Waals surface area contributed by atoms with Crippen LogP contribution in [0.25, 0.3) is 0 Å². The predicted octanol–water partition coefficient (Wildman–Crippen LogP) is 3.02. The van der Waals surface area contributed by atoms with Crippen LogP contribution in [0.4, 0.5) is 0 Å². The topological polar surface area (TPSA) is 32.3 Å². The fraction of sp³-hybridized carbons (Fsp3) is 0.588. The summed E-state index contributed by atoms with van der Waals surface area (Å²) in [6, 6.07) is 7.94. The SMILES string of the molecule is Cc1cccc(C(=O)N2CCC3(CCNCC3)CC2)c1.Cl. The molecule has 0 bridgehead atoms. The van der Waals surface area contributed by atoms with E-state index >= 15 is 0 Å². The number of carbonyl (C=O) groups is 1. The van der Waals surface area contributed by atoms with Crippen molar-refractivity contribution in [1.29, 1.82) is 0 Å². The first-order valence-electron chi connectivity index (χ1n) is 7.75. The number of nitrogens with one attached hydrogen (secondary N) is 1. The van der Waals surface area contributed by atoms with Crippen LogP contribution in [0.3, 0.4) is 0 Å². The summed E-state index contributed by atoms with van der Waals surface area (Å²) in [4.78, 5) is 14.6. The predicted molar refractivity (Wildman–Crippen MR) is 88.1 cm³/mol. The molecular weight excluding hydrogens is 284 g/mol. The molecule has 2 aliphatic rings. The fourth-order valence-corrected chi connectivity index (χ4v) is 3.60. The minimum Gasteiger partial charge on any atom is -0.339 e.